The van der Waals surface area contributed by atoms with E-state index in [0.717, 1.165) is 25.9 Å². The highest BCUT2D eigenvalue weighted by Crippen LogP contribution is 2.34. The second-order valence-electron chi connectivity index (χ2n) is 9.08. The van der Waals surface area contributed by atoms with Crippen LogP contribution in [-0.4, -0.2) is 35.3 Å². The fraction of sp³-hybridized carbons (Fsp3) is 0.462. The number of carbonyl (C=O) groups excluding carboxylic acids is 2. The number of likely N-dealkylation sites (tertiary alicyclic amines) is 1. The maximum Gasteiger partial charge on any atom is 0.313 e. The summed E-state index contributed by atoms with van der Waals surface area (Å²) >= 11 is 5.88. The van der Waals surface area contributed by atoms with Crippen LogP contribution >= 0.6 is 11.6 Å². The van der Waals surface area contributed by atoms with Crippen LogP contribution in [0.1, 0.15) is 50.5 Å². The Labute approximate surface area is 195 Å². The van der Waals surface area contributed by atoms with Gasteiger partial charge < -0.3 is 10.6 Å². The summed E-state index contributed by atoms with van der Waals surface area (Å²) in [6.45, 7) is 1.87. The molecule has 0 aromatic heterocycles. The predicted octanol–water partition coefficient (Wildman–Crippen LogP) is 5.01. The van der Waals surface area contributed by atoms with E-state index in [1.54, 1.807) is 24.3 Å². The van der Waals surface area contributed by atoms with Gasteiger partial charge in [0.05, 0.1) is 0 Å². The molecule has 0 spiro atoms. The normalized spacial score (nSPS) is 22.3. The monoisotopic (exact) mass is 453 g/mol. The zero-order valence-electron chi connectivity index (χ0n) is 18.4. The van der Waals surface area contributed by atoms with Gasteiger partial charge >= 0.3 is 11.8 Å². The minimum Gasteiger partial charge on any atom is -0.345 e. The van der Waals surface area contributed by atoms with E-state index in [4.69, 9.17) is 11.6 Å². The van der Waals surface area contributed by atoms with Crippen LogP contribution in [-0.2, 0) is 16.1 Å². The van der Waals surface area contributed by atoms with Crippen molar-refractivity contribution in [2.45, 2.75) is 63.6 Å². The zero-order valence-corrected chi connectivity index (χ0v) is 19.2. The molecule has 2 fully saturated rings. The van der Waals surface area contributed by atoms with Gasteiger partial charge in [0.1, 0.15) is 0 Å². The molecule has 2 atom stereocenters. The molecular formula is C26H32ClN3O2. The summed E-state index contributed by atoms with van der Waals surface area (Å²) in [4.78, 5) is 27.6. The molecule has 0 bridgehead atoms. The fourth-order valence-electron chi connectivity index (χ4n) is 5.17. The number of rotatable bonds is 5. The van der Waals surface area contributed by atoms with Gasteiger partial charge in [-0.05, 0) is 61.4 Å². The number of amides is 2. The first-order valence-corrected chi connectivity index (χ1v) is 12.1. The minimum atomic E-state index is -0.631. The van der Waals surface area contributed by atoms with E-state index in [9.17, 15) is 9.59 Å². The van der Waals surface area contributed by atoms with Gasteiger partial charge in [-0.2, -0.15) is 0 Å². The van der Waals surface area contributed by atoms with Crippen molar-refractivity contribution in [1.29, 1.82) is 0 Å². The van der Waals surface area contributed by atoms with E-state index in [1.165, 1.54) is 37.7 Å². The van der Waals surface area contributed by atoms with Gasteiger partial charge in [0.2, 0.25) is 0 Å². The molecule has 2 aromatic carbocycles. The first kappa shape index (κ1) is 22.8. The lowest BCUT2D eigenvalue weighted by Crippen LogP contribution is -2.53. The Balaban J connectivity index is 1.37. The molecule has 1 saturated heterocycles. The van der Waals surface area contributed by atoms with Crippen molar-refractivity contribution in [2.75, 3.05) is 11.9 Å². The zero-order chi connectivity index (χ0) is 22.3. The van der Waals surface area contributed by atoms with Gasteiger partial charge in [-0.1, -0.05) is 61.2 Å². The number of piperidine rings is 1. The van der Waals surface area contributed by atoms with Crippen LogP contribution in [0.4, 0.5) is 5.69 Å². The summed E-state index contributed by atoms with van der Waals surface area (Å²) in [6.07, 6.45) is 8.18. The average molecular weight is 454 g/mol. The van der Waals surface area contributed by atoms with E-state index in [1.807, 2.05) is 0 Å². The Morgan fingerprint density at radius 1 is 0.906 bits per heavy atom. The van der Waals surface area contributed by atoms with Crippen molar-refractivity contribution in [1.82, 2.24) is 10.2 Å². The third-order valence-corrected chi connectivity index (χ3v) is 7.08. The number of hydrogen-bond acceptors (Lipinski definition) is 3. The lowest BCUT2D eigenvalue weighted by molar-refractivity contribution is -0.137. The third-order valence-electron chi connectivity index (χ3n) is 6.83. The van der Waals surface area contributed by atoms with Crippen molar-refractivity contribution < 1.29 is 9.59 Å². The van der Waals surface area contributed by atoms with E-state index >= 15 is 0 Å². The molecule has 2 aliphatic rings. The van der Waals surface area contributed by atoms with E-state index in [-0.39, 0.29) is 6.04 Å². The smallest absolute Gasteiger partial charge is 0.313 e. The van der Waals surface area contributed by atoms with Crippen molar-refractivity contribution in [3.05, 3.63) is 65.2 Å². The Morgan fingerprint density at radius 3 is 2.34 bits per heavy atom. The van der Waals surface area contributed by atoms with E-state index in [0.29, 0.717) is 22.7 Å². The highest BCUT2D eigenvalue weighted by molar-refractivity contribution is 6.39. The molecular weight excluding hydrogens is 422 g/mol. The molecule has 1 heterocycles. The van der Waals surface area contributed by atoms with Crippen LogP contribution in [0, 0.1) is 5.92 Å². The van der Waals surface area contributed by atoms with Gasteiger partial charge in [-0.15, -0.1) is 0 Å². The lowest BCUT2D eigenvalue weighted by atomic mass is 9.78. The van der Waals surface area contributed by atoms with Crippen molar-refractivity contribution >= 4 is 29.1 Å². The maximum absolute atomic E-state index is 12.6. The molecule has 2 aromatic rings. The second kappa shape index (κ2) is 11.0. The van der Waals surface area contributed by atoms with Crippen LogP contribution in [0.3, 0.4) is 0 Å². The van der Waals surface area contributed by atoms with Crippen molar-refractivity contribution in [3.63, 3.8) is 0 Å². The summed E-state index contributed by atoms with van der Waals surface area (Å²) in [5, 5.41) is 6.24. The molecule has 2 amide bonds. The molecule has 6 heteroatoms. The van der Waals surface area contributed by atoms with Crippen molar-refractivity contribution in [2.24, 2.45) is 5.92 Å². The number of hydrogen-bond donors (Lipinski definition) is 2. The Hall–Kier alpha value is -2.37. The Morgan fingerprint density at radius 2 is 1.62 bits per heavy atom. The van der Waals surface area contributed by atoms with Gasteiger partial charge in [-0.3, -0.25) is 14.5 Å². The van der Waals surface area contributed by atoms with E-state index in [2.05, 4.69) is 45.9 Å². The molecule has 2 N–H and O–H groups in total. The largest absolute Gasteiger partial charge is 0.345 e. The minimum absolute atomic E-state index is 0.0254. The first-order chi connectivity index (χ1) is 15.6. The first-order valence-electron chi connectivity index (χ1n) is 11.7. The van der Waals surface area contributed by atoms with Gasteiger partial charge in [0, 0.05) is 35.9 Å². The van der Waals surface area contributed by atoms with Crippen LogP contribution in [0.25, 0.3) is 0 Å². The molecule has 5 nitrogen and oxygen atoms in total. The highest BCUT2D eigenvalue weighted by Gasteiger charge is 2.35. The molecule has 32 heavy (non-hydrogen) atoms. The van der Waals surface area contributed by atoms with Crippen molar-refractivity contribution in [3.8, 4) is 0 Å². The topological polar surface area (TPSA) is 61.4 Å². The third kappa shape index (κ3) is 6.11. The summed E-state index contributed by atoms with van der Waals surface area (Å²) in [6, 6.07) is 17.8. The summed E-state index contributed by atoms with van der Waals surface area (Å²) in [5.74, 6) is -0.535. The highest BCUT2D eigenvalue weighted by atomic mass is 35.5. The quantitative estimate of drug-likeness (QED) is 0.625. The van der Waals surface area contributed by atoms with E-state index < -0.39 is 11.8 Å². The molecule has 170 valence electrons. The summed E-state index contributed by atoms with van der Waals surface area (Å²) in [5.41, 5.74) is 1.89. The standard InChI is InChI=1S/C26H32ClN3O2/c27-21-11-13-22(14-12-21)28-25(31)26(32)29-23-15-16-30(18-19-7-3-1-4-8-19)24(17-23)20-9-5-2-6-10-20/h1,3-4,7-8,11-14,20,23-24H,2,5-6,9-10,15-18H2,(H,28,31)(H,29,32). The molecule has 4 rings (SSSR count). The summed E-state index contributed by atoms with van der Waals surface area (Å²) < 4.78 is 0. The van der Waals surface area contributed by atoms with Gasteiger partial charge in [0.15, 0.2) is 0 Å². The molecule has 1 saturated carbocycles. The molecule has 0 radical (unpaired) electrons. The van der Waals surface area contributed by atoms with Crippen LogP contribution in [0.5, 0.6) is 0 Å². The second-order valence-corrected chi connectivity index (χ2v) is 9.51. The molecule has 1 aliphatic heterocycles. The maximum atomic E-state index is 12.6. The van der Waals surface area contributed by atoms with Crippen LogP contribution in [0.2, 0.25) is 5.02 Å². The Kier molecular flexibility index (Phi) is 7.82. The summed E-state index contributed by atoms with van der Waals surface area (Å²) in [7, 11) is 0. The number of nitrogens with zero attached hydrogens (tertiary/aromatic N) is 1. The predicted molar refractivity (Wildman–Crippen MR) is 128 cm³/mol. The number of halogens is 1. The van der Waals surface area contributed by atoms with Gasteiger partial charge in [0.25, 0.3) is 0 Å². The number of benzene rings is 2. The average Bonchev–Trinajstić information content (AvgIpc) is 2.82. The SMILES string of the molecule is O=C(Nc1ccc(Cl)cc1)C(=O)NC1CCN(Cc2ccccc2)C(C2CCCCC2)C1. The fourth-order valence-corrected chi connectivity index (χ4v) is 5.30. The molecule has 2 unspecified atom stereocenters. The van der Waals surface area contributed by atoms with Crippen LogP contribution in [0.15, 0.2) is 54.6 Å². The van der Waals surface area contributed by atoms with Crippen LogP contribution < -0.4 is 10.6 Å². The Bertz CT molecular complexity index is 897. The number of nitrogens with one attached hydrogen (secondary N) is 2. The lowest BCUT2D eigenvalue weighted by Gasteiger charge is -2.44. The van der Waals surface area contributed by atoms with Gasteiger partial charge in [-0.25, -0.2) is 0 Å². The number of anilines is 1. The molecule has 1 aliphatic carbocycles. The number of carbonyl (C=O) groups is 2.